The Hall–Kier alpha value is -1.33. The number of anilines is 1. The van der Waals surface area contributed by atoms with Crippen LogP contribution in [0.25, 0.3) is 0 Å². The molecule has 0 aliphatic carbocycles. The summed E-state index contributed by atoms with van der Waals surface area (Å²) in [6.07, 6.45) is -0.105. The van der Waals surface area contributed by atoms with Crippen molar-refractivity contribution in [2.24, 2.45) is 0 Å². The van der Waals surface area contributed by atoms with Gasteiger partial charge in [0.05, 0.1) is 17.5 Å². The molecule has 1 aromatic carbocycles. The molecule has 96 valence electrons. The molecule has 1 aliphatic heterocycles. The number of aryl methyl sites for hydroxylation is 1. The summed E-state index contributed by atoms with van der Waals surface area (Å²) in [5, 5.41) is 8.15. The maximum atomic E-state index is 11.9. The van der Waals surface area contributed by atoms with Crippen molar-refractivity contribution in [3.05, 3.63) is 29.3 Å². The molecule has 0 saturated carbocycles. The number of hydrogen-bond acceptors (Lipinski definition) is 4. The molecule has 1 heterocycles. The highest BCUT2D eigenvalue weighted by Crippen LogP contribution is 2.33. The highest BCUT2D eigenvalue weighted by molar-refractivity contribution is 8.15. The molecule has 18 heavy (non-hydrogen) atoms. The molecular formula is C13H16N2O2S. The normalized spacial score (nSPS) is 17.4. The van der Waals surface area contributed by atoms with Gasteiger partial charge in [-0.15, -0.1) is 0 Å². The lowest BCUT2D eigenvalue weighted by molar-refractivity contribution is -0.115. The van der Waals surface area contributed by atoms with E-state index >= 15 is 0 Å². The van der Waals surface area contributed by atoms with Crippen LogP contribution in [0.4, 0.5) is 5.69 Å². The molecule has 1 saturated heterocycles. The van der Waals surface area contributed by atoms with Gasteiger partial charge in [-0.05, 0) is 25.5 Å². The van der Waals surface area contributed by atoms with Crippen LogP contribution in [0.1, 0.15) is 24.2 Å². The van der Waals surface area contributed by atoms with Gasteiger partial charge in [0.25, 0.3) is 0 Å². The first-order valence-electron chi connectivity index (χ1n) is 5.72. The van der Waals surface area contributed by atoms with Crippen molar-refractivity contribution >= 4 is 28.5 Å². The van der Waals surface area contributed by atoms with E-state index in [0.29, 0.717) is 5.75 Å². The molecule has 1 aliphatic rings. The molecule has 1 aromatic rings. The average molecular weight is 264 g/mol. The Bertz CT molecular complexity index is 486. The number of hydrogen-bond donors (Lipinski definition) is 1. The van der Waals surface area contributed by atoms with Gasteiger partial charge in [-0.2, -0.15) is 0 Å². The second-order valence-corrected chi connectivity index (χ2v) is 5.23. The summed E-state index contributed by atoms with van der Waals surface area (Å²) in [6.45, 7) is 3.91. The summed E-state index contributed by atoms with van der Waals surface area (Å²) in [5.74, 6) is 0.299. The predicted molar refractivity (Wildman–Crippen MR) is 74.3 cm³/mol. The van der Waals surface area contributed by atoms with Crippen molar-refractivity contribution in [1.82, 2.24) is 0 Å². The fourth-order valence-electron chi connectivity index (χ4n) is 1.93. The van der Waals surface area contributed by atoms with Crippen LogP contribution < -0.4 is 4.90 Å². The lowest BCUT2D eigenvalue weighted by atomic mass is 10.0. The van der Waals surface area contributed by atoms with E-state index in [1.807, 2.05) is 32.0 Å². The van der Waals surface area contributed by atoms with Crippen LogP contribution in [0.5, 0.6) is 0 Å². The van der Waals surface area contributed by atoms with Crippen LogP contribution in [0, 0.1) is 12.3 Å². The van der Waals surface area contributed by atoms with Gasteiger partial charge in [-0.3, -0.25) is 15.1 Å². The van der Waals surface area contributed by atoms with Crippen molar-refractivity contribution in [2.45, 2.75) is 20.0 Å². The zero-order valence-corrected chi connectivity index (χ0v) is 11.5. The van der Waals surface area contributed by atoms with Gasteiger partial charge in [0.1, 0.15) is 0 Å². The summed E-state index contributed by atoms with van der Waals surface area (Å²) < 4.78 is 5.33. The molecule has 1 N–H and O–H groups in total. The van der Waals surface area contributed by atoms with Gasteiger partial charge >= 0.3 is 0 Å². The molecule has 0 spiro atoms. The quantitative estimate of drug-likeness (QED) is 0.913. The van der Waals surface area contributed by atoms with Crippen LogP contribution in [-0.4, -0.2) is 23.9 Å². The minimum atomic E-state index is -0.105. The van der Waals surface area contributed by atoms with Gasteiger partial charge in [-0.25, -0.2) is 0 Å². The van der Waals surface area contributed by atoms with E-state index in [1.165, 1.54) is 16.7 Å². The summed E-state index contributed by atoms with van der Waals surface area (Å²) in [4.78, 5) is 13.4. The van der Waals surface area contributed by atoms with E-state index in [1.54, 1.807) is 7.11 Å². The lowest BCUT2D eigenvalue weighted by Crippen LogP contribution is -2.30. The van der Waals surface area contributed by atoms with Crippen molar-refractivity contribution in [3.8, 4) is 0 Å². The maximum Gasteiger partial charge on any atom is 0.243 e. The number of carbonyl (C=O) groups excluding carboxylic acids is 1. The van der Waals surface area contributed by atoms with E-state index in [-0.39, 0.29) is 17.2 Å². The van der Waals surface area contributed by atoms with Crippen LogP contribution in [0.2, 0.25) is 0 Å². The number of rotatable bonds is 3. The van der Waals surface area contributed by atoms with E-state index in [0.717, 1.165) is 16.8 Å². The minimum absolute atomic E-state index is 0.0415. The van der Waals surface area contributed by atoms with Crippen molar-refractivity contribution in [1.29, 1.82) is 5.41 Å². The topological polar surface area (TPSA) is 53.4 Å². The molecule has 4 nitrogen and oxygen atoms in total. The Morgan fingerprint density at radius 1 is 1.50 bits per heavy atom. The van der Waals surface area contributed by atoms with Crippen molar-refractivity contribution in [3.63, 3.8) is 0 Å². The summed E-state index contributed by atoms with van der Waals surface area (Å²) in [6, 6.07) is 5.89. The molecule has 0 aromatic heterocycles. The van der Waals surface area contributed by atoms with Gasteiger partial charge in [-0.1, -0.05) is 23.9 Å². The van der Waals surface area contributed by atoms with Gasteiger partial charge in [0.15, 0.2) is 5.17 Å². The third-order valence-corrected chi connectivity index (χ3v) is 3.85. The lowest BCUT2D eigenvalue weighted by Gasteiger charge is -2.22. The number of methoxy groups -OCH3 is 1. The maximum absolute atomic E-state index is 11.9. The molecular weight excluding hydrogens is 248 g/mol. The number of benzene rings is 1. The van der Waals surface area contributed by atoms with E-state index < -0.39 is 0 Å². The first kappa shape index (κ1) is 13.1. The Balaban J connectivity index is 2.51. The highest BCUT2D eigenvalue weighted by Gasteiger charge is 2.30. The average Bonchev–Trinajstić information content (AvgIpc) is 2.68. The second kappa shape index (κ2) is 5.12. The molecule has 0 radical (unpaired) electrons. The van der Waals surface area contributed by atoms with E-state index in [2.05, 4.69) is 0 Å². The zero-order valence-electron chi connectivity index (χ0n) is 10.7. The second-order valence-electron chi connectivity index (χ2n) is 4.26. The third-order valence-electron chi connectivity index (χ3n) is 3.00. The standard InChI is InChI=1S/C13H16N2O2S/c1-8-4-5-10(9(2)17-3)11(6-8)15-12(16)7-18-13(15)14/h4-6,9,14H,7H2,1-3H3. The summed E-state index contributed by atoms with van der Waals surface area (Å²) >= 11 is 1.26. The molecule has 1 amide bonds. The minimum Gasteiger partial charge on any atom is -0.377 e. The third kappa shape index (κ3) is 2.28. The van der Waals surface area contributed by atoms with E-state index in [4.69, 9.17) is 10.1 Å². The number of nitrogens with zero attached hydrogens (tertiary/aromatic N) is 1. The van der Waals surface area contributed by atoms with Crippen molar-refractivity contribution < 1.29 is 9.53 Å². The first-order valence-corrected chi connectivity index (χ1v) is 6.70. The Morgan fingerprint density at radius 2 is 2.22 bits per heavy atom. The number of nitrogens with one attached hydrogen (secondary N) is 1. The number of carbonyl (C=O) groups is 1. The Morgan fingerprint density at radius 3 is 2.78 bits per heavy atom. The SMILES string of the molecule is COC(C)c1ccc(C)cc1N1C(=N)SCC1=O. The number of amidine groups is 1. The molecule has 1 fully saturated rings. The monoisotopic (exact) mass is 264 g/mol. The summed E-state index contributed by atoms with van der Waals surface area (Å²) in [7, 11) is 1.64. The predicted octanol–water partition coefficient (Wildman–Crippen LogP) is 2.72. The highest BCUT2D eigenvalue weighted by atomic mass is 32.2. The number of ether oxygens (including phenoxy) is 1. The van der Waals surface area contributed by atoms with Gasteiger partial charge < -0.3 is 4.74 Å². The molecule has 1 atom stereocenters. The van der Waals surface area contributed by atoms with Crippen LogP contribution >= 0.6 is 11.8 Å². The molecule has 2 rings (SSSR count). The van der Waals surface area contributed by atoms with Crippen LogP contribution in [0.3, 0.4) is 0 Å². The Labute approximate surface area is 111 Å². The number of thioether (sulfide) groups is 1. The Kier molecular flexibility index (Phi) is 3.73. The molecule has 5 heteroatoms. The fourth-order valence-corrected chi connectivity index (χ4v) is 2.65. The van der Waals surface area contributed by atoms with Gasteiger partial charge in [0, 0.05) is 12.7 Å². The summed E-state index contributed by atoms with van der Waals surface area (Å²) in [5.41, 5.74) is 2.77. The molecule has 1 unspecified atom stereocenters. The fraction of sp³-hybridized carbons (Fsp3) is 0.385. The van der Waals surface area contributed by atoms with Crippen LogP contribution in [0.15, 0.2) is 18.2 Å². The van der Waals surface area contributed by atoms with E-state index in [9.17, 15) is 4.79 Å². The largest absolute Gasteiger partial charge is 0.377 e. The molecule has 0 bridgehead atoms. The zero-order chi connectivity index (χ0) is 13.3. The first-order chi connectivity index (χ1) is 8.54. The van der Waals surface area contributed by atoms with Crippen molar-refractivity contribution in [2.75, 3.05) is 17.8 Å². The smallest absolute Gasteiger partial charge is 0.243 e. The number of amides is 1. The van der Waals surface area contributed by atoms with Gasteiger partial charge in [0.2, 0.25) is 5.91 Å². The van der Waals surface area contributed by atoms with Crippen LogP contribution in [-0.2, 0) is 9.53 Å².